The predicted octanol–water partition coefficient (Wildman–Crippen LogP) is 1.31. The van der Waals surface area contributed by atoms with Gasteiger partial charge >= 0.3 is 5.97 Å². The van der Waals surface area contributed by atoms with Crippen LogP contribution in [0.1, 0.15) is 30.4 Å². The van der Waals surface area contributed by atoms with Crippen molar-refractivity contribution in [3.8, 4) is 5.75 Å². The third-order valence-corrected chi connectivity index (χ3v) is 3.84. The van der Waals surface area contributed by atoms with Crippen LogP contribution in [0.15, 0.2) is 23.2 Å². The van der Waals surface area contributed by atoms with Crippen LogP contribution in [0.2, 0.25) is 0 Å². The molecule has 0 spiro atoms. The molecule has 0 aliphatic heterocycles. The quantitative estimate of drug-likeness (QED) is 0.399. The van der Waals surface area contributed by atoms with E-state index in [1.54, 1.807) is 0 Å². The topological polar surface area (TPSA) is 111 Å². The van der Waals surface area contributed by atoms with Gasteiger partial charge in [-0.1, -0.05) is 6.07 Å². The van der Waals surface area contributed by atoms with Crippen molar-refractivity contribution in [1.82, 2.24) is 0 Å². The number of aliphatic imine (C=N–C) groups is 1. The lowest BCUT2D eigenvalue weighted by molar-refractivity contribution is -0.138. The van der Waals surface area contributed by atoms with E-state index in [1.165, 1.54) is 11.1 Å². The van der Waals surface area contributed by atoms with E-state index in [2.05, 4.69) is 17.1 Å². The molecule has 1 aliphatic carbocycles. The number of carbonyl (C=O) groups is 1. The molecule has 22 heavy (non-hydrogen) atoms. The summed E-state index contributed by atoms with van der Waals surface area (Å²) >= 11 is 0. The highest BCUT2D eigenvalue weighted by Gasteiger charge is 2.21. The molecule has 120 valence electrons. The van der Waals surface area contributed by atoms with Crippen molar-refractivity contribution < 1.29 is 14.6 Å². The lowest BCUT2D eigenvalue weighted by Crippen LogP contribution is -2.23. The Balaban J connectivity index is 1.85. The van der Waals surface area contributed by atoms with Crippen LogP contribution < -0.4 is 16.2 Å². The Morgan fingerprint density at radius 1 is 1.36 bits per heavy atom. The van der Waals surface area contributed by atoms with Crippen molar-refractivity contribution in [3.63, 3.8) is 0 Å². The smallest absolute Gasteiger partial charge is 0.303 e. The van der Waals surface area contributed by atoms with Gasteiger partial charge in [0.1, 0.15) is 5.75 Å². The van der Waals surface area contributed by atoms with Crippen molar-refractivity contribution in [1.29, 1.82) is 0 Å². The third kappa shape index (κ3) is 4.95. The molecular weight excluding hydrogens is 282 g/mol. The van der Waals surface area contributed by atoms with Gasteiger partial charge in [-0.15, -0.1) is 0 Å². The fourth-order valence-electron chi connectivity index (χ4n) is 2.78. The molecule has 0 bridgehead atoms. The molecule has 1 unspecified atom stereocenters. The van der Waals surface area contributed by atoms with Crippen LogP contribution in [0.3, 0.4) is 0 Å². The molecule has 6 nitrogen and oxygen atoms in total. The maximum atomic E-state index is 10.8. The molecule has 0 radical (unpaired) electrons. The molecule has 5 N–H and O–H groups in total. The molecule has 2 rings (SSSR count). The van der Waals surface area contributed by atoms with Gasteiger partial charge in [0.15, 0.2) is 5.96 Å². The van der Waals surface area contributed by atoms with E-state index in [0.717, 1.165) is 31.4 Å². The summed E-state index contributed by atoms with van der Waals surface area (Å²) in [6.45, 7) is 1.13. The minimum absolute atomic E-state index is 0.102. The number of hydrogen-bond acceptors (Lipinski definition) is 3. The zero-order valence-corrected chi connectivity index (χ0v) is 12.6. The lowest BCUT2D eigenvalue weighted by atomic mass is 9.82. The van der Waals surface area contributed by atoms with Gasteiger partial charge in [0.25, 0.3) is 0 Å². The van der Waals surface area contributed by atoms with E-state index in [9.17, 15) is 4.79 Å². The number of carboxylic acid groups (broad SMARTS) is 1. The first kappa shape index (κ1) is 16.1. The number of fused-ring (bicyclic) bond motifs is 1. The summed E-state index contributed by atoms with van der Waals surface area (Å²) in [4.78, 5) is 14.7. The molecule has 0 heterocycles. The number of aliphatic carboxylic acids is 1. The normalized spacial score (nSPS) is 16.6. The monoisotopic (exact) mass is 305 g/mol. The average Bonchev–Trinajstić information content (AvgIpc) is 2.46. The van der Waals surface area contributed by atoms with Crippen LogP contribution in [0.25, 0.3) is 0 Å². The molecule has 0 amide bonds. The Hall–Kier alpha value is -2.24. The largest absolute Gasteiger partial charge is 0.494 e. The Bertz CT molecular complexity index is 554. The van der Waals surface area contributed by atoms with Gasteiger partial charge in [0.2, 0.25) is 0 Å². The SMILES string of the molecule is NC(N)=NCCCOc1ccc2c(c1)CCC(CC(=O)O)C2. The fourth-order valence-corrected chi connectivity index (χ4v) is 2.78. The summed E-state index contributed by atoms with van der Waals surface area (Å²) in [5, 5.41) is 8.89. The highest BCUT2D eigenvalue weighted by atomic mass is 16.5. The Morgan fingerprint density at radius 3 is 2.91 bits per heavy atom. The molecular formula is C16H23N3O3. The standard InChI is InChI=1S/C16H23N3O3/c17-16(18)19-6-1-7-22-14-5-4-12-8-11(9-15(20)21)2-3-13(12)10-14/h4-5,10-11H,1-3,6-9H2,(H,20,21)(H4,17,18,19). The van der Waals surface area contributed by atoms with Crippen LogP contribution in [0, 0.1) is 5.92 Å². The van der Waals surface area contributed by atoms with Gasteiger partial charge in [-0.3, -0.25) is 9.79 Å². The number of rotatable bonds is 7. The summed E-state index contributed by atoms with van der Waals surface area (Å²) < 4.78 is 5.70. The van der Waals surface area contributed by atoms with Gasteiger partial charge in [-0.25, -0.2) is 0 Å². The van der Waals surface area contributed by atoms with E-state index < -0.39 is 5.97 Å². The van der Waals surface area contributed by atoms with Crippen LogP contribution >= 0.6 is 0 Å². The van der Waals surface area contributed by atoms with E-state index in [4.69, 9.17) is 21.3 Å². The van der Waals surface area contributed by atoms with Crippen LogP contribution in [0.5, 0.6) is 5.75 Å². The first-order valence-corrected chi connectivity index (χ1v) is 7.56. The first-order chi connectivity index (χ1) is 10.5. The van der Waals surface area contributed by atoms with Crippen molar-refractivity contribution in [2.75, 3.05) is 13.2 Å². The van der Waals surface area contributed by atoms with Crippen LogP contribution in [0.4, 0.5) is 0 Å². The summed E-state index contributed by atoms with van der Waals surface area (Å²) in [6.07, 6.45) is 3.69. The summed E-state index contributed by atoms with van der Waals surface area (Å²) in [5.74, 6) is 0.482. The maximum absolute atomic E-state index is 10.8. The second-order valence-corrected chi connectivity index (χ2v) is 5.65. The van der Waals surface area contributed by atoms with Gasteiger partial charge in [0, 0.05) is 19.4 Å². The van der Waals surface area contributed by atoms with Crippen molar-refractivity contribution >= 4 is 11.9 Å². The summed E-state index contributed by atoms with van der Waals surface area (Å²) in [5.41, 5.74) is 13.0. The average molecular weight is 305 g/mol. The van der Waals surface area contributed by atoms with E-state index >= 15 is 0 Å². The van der Waals surface area contributed by atoms with E-state index in [0.29, 0.717) is 13.2 Å². The minimum atomic E-state index is -0.714. The number of ether oxygens (including phenoxy) is 1. The van der Waals surface area contributed by atoms with Crippen LogP contribution in [-0.4, -0.2) is 30.2 Å². The molecule has 0 saturated heterocycles. The molecule has 1 aliphatic rings. The number of carboxylic acids is 1. The zero-order chi connectivity index (χ0) is 15.9. The van der Waals surface area contributed by atoms with Crippen molar-refractivity contribution in [2.45, 2.75) is 32.1 Å². The van der Waals surface area contributed by atoms with Crippen molar-refractivity contribution in [3.05, 3.63) is 29.3 Å². The van der Waals surface area contributed by atoms with Gasteiger partial charge in [-0.05, 0) is 48.4 Å². The van der Waals surface area contributed by atoms with Crippen LogP contribution in [-0.2, 0) is 17.6 Å². The lowest BCUT2D eigenvalue weighted by Gasteiger charge is -2.23. The highest BCUT2D eigenvalue weighted by molar-refractivity contribution is 5.75. The van der Waals surface area contributed by atoms with E-state index in [-0.39, 0.29) is 18.3 Å². The Labute approximate surface area is 130 Å². The molecule has 1 aromatic carbocycles. The number of benzene rings is 1. The third-order valence-electron chi connectivity index (χ3n) is 3.84. The molecule has 6 heteroatoms. The van der Waals surface area contributed by atoms with Crippen molar-refractivity contribution in [2.24, 2.45) is 22.4 Å². The number of aryl methyl sites for hydroxylation is 1. The molecule has 0 fully saturated rings. The number of hydrogen-bond donors (Lipinski definition) is 3. The number of nitrogens with two attached hydrogens (primary N) is 2. The van der Waals surface area contributed by atoms with E-state index in [1.807, 2.05) is 6.07 Å². The molecule has 1 aromatic rings. The summed E-state index contributed by atoms with van der Waals surface area (Å²) in [6, 6.07) is 6.06. The Morgan fingerprint density at radius 2 is 2.18 bits per heavy atom. The molecule has 0 saturated carbocycles. The molecule has 0 aromatic heterocycles. The van der Waals surface area contributed by atoms with Gasteiger partial charge < -0.3 is 21.3 Å². The fraction of sp³-hybridized carbons (Fsp3) is 0.500. The second-order valence-electron chi connectivity index (χ2n) is 5.65. The predicted molar refractivity (Wildman–Crippen MR) is 85.0 cm³/mol. The van der Waals surface area contributed by atoms with Gasteiger partial charge in [0.05, 0.1) is 6.61 Å². The zero-order valence-electron chi connectivity index (χ0n) is 12.6. The maximum Gasteiger partial charge on any atom is 0.303 e. The Kier molecular flexibility index (Phi) is 5.63. The molecule has 1 atom stereocenters. The highest BCUT2D eigenvalue weighted by Crippen LogP contribution is 2.30. The number of guanidine groups is 1. The number of nitrogens with zero attached hydrogens (tertiary/aromatic N) is 1. The first-order valence-electron chi connectivity index (χ1n) is 7.56. The van der Waals surface area contributed by atoms with Gasteiger partial charge in [-0.2, -0.15) is 0 Å². The summed E-state index contributed by atoms with van der Waals surface area (Å²) in [7, 11) is 0. The minimum Gasteiger partial charge on any atom is -0.494 e. The second kappa shape index (κ2) is 7.68.